The van der Waals surface area contributed by atoms with E-state index in [4.69, 9.17) is 0 Å². The number of unbranched alkanes of at least 4 members (excludes halogenated alkanes) is 1. The molecule has 0 aliphatic rings. The van der Waals surface area contributed by atoms with Gasteiger partial charge in [0.2, 0.25) is 0 Å². The molecule has 0 unspecified atom stereocenters. The molecule has 0 amide bonds. The van der Waals surface area contributed by atoms with E-state index in [1.807, 2.05) is 0 Å². The molecule has 0 heterocycles. The minimum atomic E-state index is -1.11. The number of hydrogen-bond acceptors (Lipinski definition) is 0. The summed E-state index contributed by atoms with van der Waals surface area (Å²) in [6.45, 7) is 2.27. The Balaban J connectivity index is 3.11. The quantitative estimate of drug-likeness (QED) is 0.577. The van der Waals surface area contributed by atoms with Crippen molar-refractivity contribution in [1.29, 1.82) is 0 Å². The van der Waals surface area contributed by atoms with Gasteiger partial charge in [0.05, 0.1) is 0 Å². The van der Waals surface area contributed by atoms with Gasteiger partial charge in [-0.05, 0) is 0 Å². The predicted octanol–water partition coefficient (Wildman–Crippen LogP) is 3.12. The van der Waals surface area contributed by atoms with Crippen LogP contribution in [0.25, 0.3) is 0 Å². The maximum atomic E-state index is 2.48. The summed E-state index contributed by atoms with van der Waals surface area (Å²) in [4.78, 5) is 0. The second-order valence-corrected chi connectivity index (χ2v) is 15.5. The van der Waals surface area contributed by atoms with Crippen LogP contribution >= 0.6 is 0 Å². The van der Waals surface area contributed by atoms with Crippen LogP contribution in [0.1, 0.15) is 19.8 Å². The summed E-state index contributed by atoms with van der Waals surface area (Å²) >= 11 is -1.11. The van der Waals surface area contributed by atoms with Crippen LogP contribution < -0.4 is 0 Å². The van der Waals surface area contributed by atoms with Crippen molar-refractivity contribution < 1.29 is 0 Å². The Kier molecular flexibility index (Phi) is 3.79. The van der Waals surface area contributed by atoms with Gasteiger partial charge in [-0.25, -0.2) is 0 Å². The van der Waals surface area contributed by atoms with Crippen molar-refractivity contribution >= 4 is 13.3 Å². The summed E-state index contributed by atoms with van der Waals surface area (Å²) in [5.74, 6) is 7.45. The molecule has 0 spiro atoms. The van der Waals surface area contributed by atoms with E-state index < -0.39 is 13.3 Å². The molecule has 0 saturated carbocycles. The first-order valence-corrected chi connectivity index (χ1v) is 11.3. The Morgan fingerprint density at radius 3 is 1.75 bits per heavy atom. The monoisotopic (exact) mass is 176 g/mol. The molecule has 0 nitrogen and oxygen atoms in total. The molecule has 0 aromatic carbocycles. The van der Waals surface area contributed by atoms with E-state index >= 15 is 0 Å². The standard InChI is InChI=1S/C7H18Ge/c1-5-6-7-8(2,3)4/h5-7H2,1-4H3. The van der Waals surface area contributed by atoms with Gasteiger partial charge < -0.3 is 0 Å². The van der Waals surface area contributed by atoms with E-state index in [2.05, 4.69) is 24.2 Å². The van der Waals surface area contributed by atoms with Crippen molar-refractivity contribution in [3.8, 4) is 0 Å². The Labute approximate surface area is 56.0 Å². The molecule has 0 fully saturated rings. The molecule has 0 saturated heterocycles. The van der Waals surface area contributed by atoms with Gasteiger partial charge in [-0.3, -0.25) is 0 Å². The molecular weight excluding hydrogens is 157 g/mol. The fourth-order valence-electron chi connectivity index (χ4n) is 0.707. The number of rotatable bonds is 3. The minimum absolute atomic E-state index is 1.11. The molecule has 0 radical (unpaired) electrons. The fourth-order valence-corrected chi connectivity index (χ4v) is 3.67. The zero-order valence-corrected chi connectivity index (χ0v) is 8.72. The van der Waals surface area contributed by atoms with Crippen LogP contribution in [-0.2, 0) is 0 Å². The SMILES string of the molecule is CCC[CH2][Ge]([CH3])([CH3])[CH3]. The molecule has 0 N–H and O–H groups in total. The zero-order valence-electron chi connectivity index (χ0n) is 6.62. The van der Waals surface area contributed by atoms with Crippen molar-refractivity contribution in [2.24, 2.45) is 0 Å². The summed E-state index contributed by atoms with van der Waals surface area (Å²) < 4.78 is 0. The number of hydrogen-bond donors (Lipinski definition) is 0. The molecule has 50 valence electrons. The maximum absolute atomic E-state index is 2.48. The summed E-state index contributed by atoms with van der Waals surface area (Å²) in [6.07, 6.45) is 2.84. The Bertz CT molecular complexity index is 51.9. The summed E-state index contributed by atoms with van der Waals surface area (Å²) in [6, 6.07) is 0. The molecular formula is C7H18Ge. The zero-order chi connectivity index (χ0) is 6.62. The summed E-state index contributed by atoms with van der Waals surface area (Å²) in [5.41, 5.74) is 0. The van der Waals surface area contributed by atoms with Gasteiger partial charge in [0.1, 0.15) is 0 Å². The van der Waals surface area contributed by atoms with Crippen molar-refractivity contribution in [2.75, 3.05) is 0 Å². The van der Waals surface area contributed by atoms with Gasteiger partial charge in [0.15, 0.2) is 0 Å². The topological polar surface area (TPSA) is 0 Å². The molecule has 0 atom stereocenters. The van der Waals surface area contributed by atoms with Crippen LogP contribution in [0, 0.1) is 0 Å². The average Bonchev–Trinajstić information content (AvgIpc) is 1.59. The molecule has 0 aliphatic carbocycles. The first-order valence-electron chi connectivity index (χ1n) is 3.56. The van der Waals surface area contributed by atoms with E-state index in [0.29, 0.717) is 0 Å². The van der Waals surface area contributed by atoms with Gasteiger partial charge in [-0.1, -0.05) is 0 Å². The Hall–Kier alpha value is 0.543. The third kappa shape index (κ3) is 6.54. The Morgan fingerprint density at radius 1 is 1.12 bits per heavy atom. The van der Waals surface area contributed by atoms with E-state index in [9.17, 15) is 0 Å². The van der Waals surface area contributed by atoms with E-state index in [1.165, 1.54) is 12.8 Å². The molecule has 0 aliphatic heterocycles. The van der Waals surface area contributed by atoms with Gasteiger partial charge in [-0.2, -0.15) is 0 Å². The fraction of sp³-hybridized carbons (Fsp3) is 1.00. The summed E-state index contributed by atoms with van der Waals surface area (Å²) in [5, 5.41) is 1.55. The third-order valence-corrected chi connectivity index (χ3v) is 5.17. The van der Waals surface area contributed by atoms with Crippen molar-refractivity contribution in [2.45, 2.75) is 42.3 Å². The van der Waals surface area contributed by atoms with Gasteiger partial charge >= 0.3 is 55.6 Å². The third-order valence-electron chi connectivity index (χ3n) is 1.28. The van der Waals surface area contributed by atoms with Gasteiger partial charge in [0.25, 0.3) is 0 Å². The second-order valence-electron chi connectivity index (χ2n) is 3.66. The first-order chi connectivity index (χ1) is 3.56. The van der Waals surface area contributed by atoms with Crippen LogP contribution in [0.5, 0.6) is 0 Å². The predicted molar refractivity (Wildman–Crippen MR) is 43.1 cm³/mol. The van der Waals surface area contributed by atoms with Crippen molar-refractivity contribution in [3.05, 3.63) is 0 Å². The normalized spacial score (nSPS) is 12.0. The van der Waals surface area contributed by atoms with Crippen molar-refractivity contribution in [3.63, 3.8) is 0 Å². The van der Waals surface area contributed by atoms with Crippen molar-refractivity contribution in [1.82, 2.24) is 0 Å². The van der Waals surface area contributed by atoms with Gasteiger partial charge in [0, 0.05) is 0 Å². The van der Waals surface area contributed by atoms with E-state index in [-0.39, 0.29) is 0 Å². The van der Waals surface area contributed by atoms with Crippen LogP contribution in [0.3, 0.4) is 0 Å². The molecule has 0 aromatic rings. The molecule has 0 aromatic heterocycles. The van der Waals surface area contributed by atoms with Gasteiger partial charge in [-0.15, -0.1) is 0 Å². The van der Waals surface area contributed by atoms with Crippen LogP contribution in [0.2, 0.25) is 22.5 Å². The van der Waals surface area contributed by atoms with Crippen LogP contribution in [-0.4, -0.2) is 13.3 Å². The van der Waals surface area contributed by atoms with E-state index in [0.717, 1.165) is 0 Å². The van der Waals surface area contributed by atoms with E-state index in [1.54, 1.807) is 5.25 Å². The average molecular weight is 175 g/mol. The Morgan fingerprint density at radius 2 is 1.62 bits per heavy atom. The molecule has 0 rings (SSSR count). The molecule has 0 bridgehead atoms. The van der Waals surface area contributed by atoms with Crippen LogP contribution in [0.15, 0.2) is 0 Å². The molecule has 8 heavy (non-hydrogen) atoms. The second kappa shape index (κ2) is 3.55. The first kappa shape index (κ1) is 8.54. The molecule has 1 heteroatoms. The van der Waals surface area contributed by atoms with Crippen LogP contribution in [0.4, 0.5) is 0 Å². The summed E-state index contributed by atoms with van der Waals surface area (Å²) in [7, 11) is 0.